The molecule has 1 aliphatic rings. The highest BCUT2D eigenvalue weighted by atomic mass is 16.4. The van der Waals surface area contributed by atoms with E-state index < -0.39 is 5.97 Å². The Morgan fingerprint density at radius 1 is 1.64 bits per heavy atom. The SMILES string of the molecule is CC(C)N(CC(=O)O)C1C=CCCC1. The normalized spacial score (nSPS) is 21.9. The van der Waals surface area contributed by atoms with Crippen LogP contribution in [0.25, 0.3) is 0 Å². The van der Waals surface area contributed by atoms with Gasteiger partial charge in [0.25, 0.3) is 0 Å². The van der Waals surface area contributed by atoms with Gasteiger partial charge in [0.05, 0.1) is 6.54 Å². The molecule has 0 aromatic carbocycles. The fraction of sp³-hybridized carbons (Fsp3) is 0.727. The summed E-state index contributed by atoms with van der Waals surface area (Å²) in [4.78, 5) is 12.7. The van der Waals surface area contributed by atoms with Crippen LogP contribution in [0.1, 0.15) is 33.1 Å². The molecule has 0 bridgehead atoms. The molecule has 0 heterocycles. The highest BCUT2D eigenvalue weighted by Gasteiger charge is 2.22. The standard InChI is InChI=1S/C11H19NO2/c1-9(2)12(8-11(13)14)10-6-4-3-5-7-10/h4,6,9-10H,3,5,7-8H2,1-2H3,(H,13,14). The highest BCUT2D eigenvalue weighted by Crippen LogP contribution is 2.18. The van der Waals surface area contributed by atoms with Gasteiger partial charge in [-0.15, -0.1) is 0 Å². The molecule has 0 radical (unpaired) electrons. The smallest absolute Gasteiger partial charge is 0.317 e. The van der Waals surface area contributed by atoms with Gasteiger partial charge in [0.2, 0.25) is 0 Å². The first-order valence-electron chi connectivity index (χ1n) is 5.25. The van der Waals surface area contributed by atoms with Crippen molar-refractivity contribution in [2.24, 2.45) is 0 Å². The van der Waals surface area contributed by atoms with E-state index in [0.29, 0.717) is 12.1 Å². The fourth-order valence-electron chi connectivity index (χ4n) is 1.91. The summed E-state index contributed by atoms with van der Waals surface area (Å²) >= 11 is 0. The van der Waals surface area contributed by atoms with Crippen LogP contribution in [0.3, 0.4) is 0 Å². The van der Waals surface area contributed by atoms with Crippen molar-refractivity contribution >= 4 is 5.97 Å². The molecular weight excluding hydrogens is 178 g/mol. The molecule has 1 unspecified atom stereocenters. The number of rotatable bonds is 4. The molecule has 0 aliphatic heterocycles. The fourth-order valence-corrected chi connectivity index (χ4v) is 1.91. The van der Waals surface area contributed by atoms with Crippen molar-refractivity contribution in [2.75, 3.05) is 6.54 Å². The van der Waals surface area contributed by atoms with E-state index in [1.807, 2.05) is 18.7 Å². The molecule has 0 fully saturated rings. The Balaban J connectivity index is 2.61. The molecular formula is C11H19NO2. The Hall–Kier alpha value is -0.830. The second-order valence-electron chi connectivity index (χ2n) is 4.09. The van der Waals surface area contributed by atoms with Crippen molar-refractivity contribution < 1.29 is 9.90 Å². The maximum atomic E-state index is 10.7. The summed E-state index contributed by atoms with van der Waals surface area (Å²) in [5.41, 5.74) is 0. The number of carbonyl (C=O) groups is 1. The Morgan fingerprint density at radius 3 is 2.79 bits per heavy atom. The van der Waals surface area contributed by atoms with E-state index in [1.54, 1.807) is 0 Å². The molecule has 3 heteroatoms. The van der Waals surface area contributed by atoms with Crippen LogP contribution in [0.15, 0.2) is 12.2 Å². The zero-order valence-electron chi connectivity index (χ0n) is 8.94. The van der Waals surface area contributed by atoms with Gasteiger partial charge in [-0.1, -0.05) is 12.2 Å². The third kappa shape index (κ3) is 3.14. The van der Waals surface area contributed by atoms with Crippen LogP contribution in [-0.4, -0.2) is 34.6 Å². The molecule has 1 aliphatic carbocycles. The van der Waals surface area contributed by atoms with Gasteiger partial charge in [0.15, 0.2) is 0 Å². The van der Waals surface area contributed by atoms with Crippen molar-refractivity contribution in [3.63, 3.8) is 0 Å². The van der Waals surface area contributed by atoms with Gasteiger partial charge < -0.3 is 5.11 Å². The van der Waals surface area contributed by atoms with Crippen molar-refractivity contribution in [1.82, 2.24) is 4.90 Å². The predicted octanol–water partition coefficient (Wildman–Crippen LogP) is 1.89. The van der Waals surface area contributed by atoms with Crippen LogP contribution in [-0.2, 0) is 4.79 Å². The van der Waals surface area contributed by atoms with Crippen LogP contribution >= 0.6 is 0 Å². The molecule has 1 atom stereocenters. The number of aliphatic carboxylic acids is 1. The topological polar surface area (TPSA) is 40.5 Å². The van der Waals surface area contributed by atoms with E-state index in [0.717, 1.165) is 12.8 Å². The van der Waals surface area contributed by atoms with Gasteiger partial charge in [-0.25, -0.2) is 0 Å². The Morgan fingerprint density at radius 2 is 2.36 bits per heavy atom. The summed E-state index contributed by atoms with van der Waals surface area (Å²) in [6, 6.07) is 0.610. The lowest BCUT2D eigenvalue weighted by atomic mass is 10.0. The Bertz CT molecular complexity index is 223. The first-order chi connectivity index (χ1) is 6.61. The molecule has 1 rings (SSSR count). The lowest BCUT2D eigenvalue weighted by molar-refractivity contribution is -0.139. The lowest BCUT2D eigenvalue weighted by Crippen LogP contribution is -2.43. The van der Waals surface area contributed by atoms with Crippen molar-refractivity contribution in [2.45, 2.75) is 45.2 Å². The minimum atomic E-state index is -0.738. The number of carboxylic acids is 1. The molecule has 0 amide bonds. The van der Waals surface area contributed by atoms with E-state index in [4.69, 9.17) is 5.11 Å². The van der Waals surface area contributed by atoms with Crippen molar-refractivity contribution in [1.29, 1.82) is 0 Å². The maximum Gasteiger partial charge on any atom is 0.317 e. The number of nitrogens with zero attached hydrogens (tertiary/aromatic N) is 1. The first kappa shape index (κ1) is 11.2. The third-order valence-electron chi connectivity index (χ3n) is 2.64. The molecule has 0 saturated heterocycles. The number of hydrogen-bond donors (Lipinski definition) is 1. The summed E-state index contributed by atoms with van der Waals surface area (Å²) < 4.78 is 0. The van der Waals surface area contributed by atoms with Crippen LogP contribution in [0, 0.1) is 0 Å². The van der Waals surface area contributed by atoms with Crippen LogP contribution < -0.4 is 0 Å². The van der Waals surface area contributed by atoms with E-state index in [1.165, 1.54) is 6.42 Å². The molecule has 1 N–H and O–H groups in total. The molecule has 0 spiro atoms. The summed E-state index contributed by atoms with van der Waals surface area (Å²) in [5, 5.41) is 8.80. The number of carboxylic acid groups (broad SMARTS) is 1. The van der Waals surface area contributed by atoms with Crippen LogP contribution in [0.5, 0.6) is 0 Å². The minimum Gasteiger partial charge on any atom is -0.480 e. The monoisotopic (exact) mass is 197 g/mol. The van der Waals surface area contributed by atoms with Crippen LogP contribution in [0.4, 0.5) is 0 Å². The summed E-state index contributed by atoms with van der Waals surface area (Å²) in [6.45, 7) is 4.24. The van der Waals surface area contributed by atoms with E-state index in [-0.39, 0.29) is 6.54 Å². The lowest BCUT2D eigenvalue weighted by Gasteiger charge is -2.33. The summed E-state index contributed by atoms with van der Waals surface area (Å²) in [6.07, 6.45) is 7.69. The molecule has 3 nitrogen and oxygen atoms in total. The second kappa shape index (κ2) is 5.15. The van der Waals surface area contributed by atoms with Gasteiger partial charge in [-0.3, -0.25) is 9.69 Å². The highest BCUT2D eigenvalue weighted by molar-refractivity contribution is 5.69. The van der Waals surface area contributed by atoms with Gasteiger partial charge in [-0.2, -0.15) is 0 Å². The van der Waals surface area contributed by atoms with Gasteiger partial charge in [0, 0.05) is 12.1 Å². The zero-order valence-corrected chi connectivity index (χ0v) is 8.94. The summed E-state index contributed by atoms with van der Waals surface area (Å²) in [5.74, 6) is -0.738. The number of allylic oxidation sites excluding steroid dienone is 1. The molecule has 0 aromatic rings. The zero-order chi connectivity index (χ0) is 10.6. The molecule has 0 aromatic heterocycles. The van der Waals surface area contributed by atoms with E-state index in [9.17, 15) is 4.79 Å². The van der Waals surface area contributed by atoms with Gasteiger partial charge >= 0.3 is 5.97 Å². The van der Waals surface area contributed by atoms with E-state index in [2.05, 4.69) is 12.2 Å². The predicted molar refractivity (Wildman–Crippen MR) is 56.3 cm³/mol. The molecule has 80 valence electrons. The van der Waals surface area contributed by atoms with Crippen molar-refractivity contribution in [3.05, 3.63) is 12.2 Å². The minimum absolute atomic E-state index is 0.146. The van der Waals surface area contributed by atoms with Gasteiger partial charge in [-0.05, 0) is 33.1 Å². The molecule has 0 saturated carbocycles. The quantitative estimate of drug-likeness (QED) is 0.700. The maximum absolute atomic E-state index is 10.7. The van der Waals surface area contributed by atoms with Gasteiger partial charge in [0.1, 0.15) is 0 Å². The van der Waals surface area contributed by atoms with Crippen LogP contribution in [0.2, 0.25) is 0 Å². The third-order valence-corrected chi connectivity index (χ3v) is 2.64. The second-order valence-corrected chi connectivity index (χ2v) is 4.09. The van der Waals surface area contributed by atoms with Crippen molar-refractivity contribution in [3.8, 4) is 0 Å². The van der Waals surface area contributed by atoms with E-state index >= 15 is 0 Å². The summed E-state index contributed by atoms with van der Waals surface area (Å²) in [7, 11) is 0. The average Bonchev–Trinajstić information content (AvgIpc) is 2.15. The Kier molecular flexibility index (Phi) is 4.14. The number of hydrogen-bond acceptors (Lipinski definition) is 2. The first-order valence-corrected chi connectivity index (χ1v) is 5.25. The largest absolute Gasteiger partial charge is 0.480 e. The average molecular weight is 197 g/mol. The Labute approximate surface area is 85.4 Å². The molecule has 14 heavy (non-hydrogen) atoms.